The highest BCUT2D eigenvalue weighted by Crippen LogP contribution is 2.46. The van der Waals surface area contributed by atoms with Crippen LogP contribution in [-0.4, -0.2) is 40.1 Å². The molecule has 0 radical (unpaired) electrons. The Kier molecular flexibility index (Phi) is 6.08. The summed E-state index contributed by atoms with van der Waals surface area (Å²) in [5.41, 5.74) is 3.15. The lowest BCUT2D eigenvalue weighted by molar-refractivity contribution is -0.122. The van der Waals surface area contributed by atoms with Crippen LogP contribution in [0.4, 0.5) is 0 Å². The smallest absolute Gasteiger partial charge is 0.225 e. The fraction of sp³-hybridized carbons (Fsp3) is 0.360. The number of methoxy groups -OCH3 is 4. The van der Waals surface area contributed by atoms with Gasteiger partial charge in [0.1, 0.15) is 11.5 Å². The number of nitrogens with one attached hydrogen (secondary N) is 1. The van der Waals surface area contributed by atoms with Crippen LogP contribution < -0.4 is 24.3 Å². The van der Waals surface area contributed by atoms with E-state index in [1.807, 2.05) is 30.3 Å². The molecule has 168 valence electrons. The largest absolute Gasteiger partial charge is 0.497 e. The SMILES string of the molecule is COc1ccc([C@@H]2CC(=O)NC3=C2C(=O)C[C@H](c2ccc(OC)c(OC)c2)C3)c(OC)c1. The van der Waals surface area contributed by atoms with E-state index in [0.29, 0.717) is 47.1 Å². The molecule has 1 aliphatic carbocycles. The minimum Gasteiger partial charge on any atom is -0.497 e. The average Bonchev–Trinajstić information content (AvgIpc) is 2.82. The van der Waals surface area contributed by atoms with E-state index in [2.05, 4.69) is 5.32 Å². The maximum Gasteiger partial charge on any atom is 0.225 e. The number of hydrogen-bond acceptors (Lipinski definition) is 6. The number of allylic oxidation sites excluding steroid dienone is 2. The molecule has 2 aromatic carbocycles. The normalized spacial score (nSPS) is 20.4. The summed E-state index contributed by atoms with van der Waals surface area (Å²) in [6.45, 7) is 0. The molecule has 2 aliphatic rings. The van der Waals surface area contributed by atoms with Crippen LogP contribution in [0, 0.1) is 0 Å². The number of Topliss-reactive ketones (excluding diaryl/α,β-unsaturated/α-hetero) is 1. The molecule has 2 atom stereocenters. The zero-order valence-electron chi connectivity index (χ0n) is 18.7. The second kappa shape index (κ2) is 8.94. The molecule has 0 saturated heterocycles. The maximum atomic E-state index is 13.4. The lowest BCUT2D eigenvalue weighted by Gasteiger charge is -2.35. The van der Waals surface area contributed by atoms with E-state index in [1.165, 1.54) is 0 Å². The fourth-order valence-corrected chi connectivity index (χ4v) is 4.67. The molecule has 1 amide bonds. The Morgan fingerprint density at radius 1 is 0.781 bits per heavy atom. The molecule has 0 fully saturated rings. The number of amides is 1. The third-order valence-electron chi connectivity index (χ3n) is 6.23. The molecule has 1 heterocycles. The number of carbonyl (C=O) groups excluding carboxylic acids is 2. The summed E-state index contributed by atoms with van der Waals surface area (Å²) in [5.74, 6) is 2.04. The van der Waals surface area contributed by atoms with Crippen molar-refractivity contribution in [2.45, 2.75) is 31.1 Å². The van der Waals surface area contributed by atoms with Gasteiger partial charge in [0.25, 0.3) is 0 Å². The van der Waals surface area contributed by atoms with Gasteiger partial charge in [-0.1, -0.05) is 12.1 Å². The quantitative estimate of drug-likeness (QED) is 0.742. The van der Waals surface area contributed by atoms with E-state index in [-0.39, 0.29) is 29.9 Å². The Labute approximate surface area is 187 Å². The van der Waals surface area contributed by atoms with Crippen molar-refractivity contribution < 1.29 is 28.5 Å². The van der Waals surface area contributed by atoms with E-state index in [9.17, 15) is 9.59 Å². The van der Waals surface area contributed by atoms with Crippen LogP contribution in [0.2, 0.25) is 0 Å². The van der Waals surface area contributed by atoms with Gasteiger partial charge in [-0.05, 0) is 36.1 Å². The Bertz CT molecular complexity index is 1090. The van der Waals surface area contributed by atoms with Crippen LogP contribution >= 0.6 is 0 Å². The number of rotatable bonds is 6. The van der Waals surface area contributed by atoms with Crippen molar-refractivity contribution in [1.82, 2.24) is 5.32 Å². The summed E-state index contributed by atoms with van der Waals surface area (Å²) in [5, 5.41) is 2.96. The summed E-state index contributed by atoms with van der Waals surface area (Å²) in [6, 6.07) is 11.2. The number of benzene rings is 2. The summed E-state index contributed by atoms with van der Waals surface area (Å²) in [4.78, 5) is 26.0. The topological polar surface area (TPSA) is 83.1 Å². The zero-order valence-corrected chi connectivity index (χ0v) is 18.7. The van der Waals surface area contributed by atoms with Gasteiger partial charge >= 0.3 is 0 Å². The third kappa shape index (κ3) is 3.90. The van der Waals surface area contributed by atoms with Gasteiger partial charge < -0.3 is 24.3 Å². The molecule has 1 aliphatic heterocycles. The number of carbonyl (C=O) groups is 2. The van der Waals surface area contributed by atoms with E-state index < -0.39 is 0 Å². The van der Waals surface area contributed by atoms with Gasteiger partial charge in [0.15, 0.2) is 17.3 Å². The summed E-state index contributed by atoms with van der Waals surface area (Å²) in [6.07, 6.45) is 1.13. The molecule has 2 aromatic rings. The van der Waals surface area contributed by atoms with Crippen LogP contribution in [0.5, 0.6) is 23.0 Å². The van der Waals surface area contributed by atoms with Crippen LogP contribution in [0.25, 0.3) is 0 Å². The summed E-state index contributed by atoms with van der Waals surface area (Å²) in [7, 11) is 6.33. The fourth-order valence-electron chi connectivity index (χ4n) is 4.67. The van der Waals surface area contributed by atoms with Crippen molar-refractivity contribution in [2.24, 2.45) is 0 Å². The predicted octanol–water partition coefficient (Wildman–Crippen LogP) is 3.73. The standard InChI is InChI=1S/C25H27NO6/c1-29-16-6-7-17(22(12-16)31-3)18-13-24(28)26-19-9-15(10-20(27)25(18)19)14-5-8-21(30-2)23(11-14)32-4/h5-8,11-12,15,18H,9-10,13H2,1-4H3,(H,26,28)/t15-,18+/m1/s1. The lowest BCUT2D eigenvalue weighted by Crippen LogP contribution is -2.38. The highest BCUT2D eigenvalue weighted by atomic mass is 16.5. The third-order valence-corrected chi connectivity index (χ3v) is 6.23. The van der Waals surface area contributed by atoms with Gasteiger partial charge in [-0.25, -0.2) is 0 Å². The molecule has 7 heteroatoms. The van der Waals surface area contributed by atoms with E-state index in [4.69, 9.17) is 18.9 Å². The Hall–Kier alpha value is -3.48. The molecule has 0 aromatic heterocycles. The second-order valence-electron chi connectivity index (χ2n) is 7.95. The van der Waals surface area contributed by atoms with Crippen LogP contribution in [0.15, 0.2) is 47.7 Å². The highest BCUT2D eigenvalue weighted by Gasteiger charge is 2.39. The van der Waals surface area contributed by atoms with Gasteiger partial charge in [-0.3, -0.25) is 9.59 Å². The molecule has 0 bridgehead atoms. The van der Waals surface area contributed by atoms with Gasteiger partial charge in [-0.2, -0.15) is 0 Å². The second-order valence-corrected chi connectivity index (χ2v) is 7.95. The first kappa shape index (κ1) is 21.7. The van der Waals surface area contributed by atoms with Crippen LogP contribution in [0.1, 0.15) is 42.2 Å². The Morgan fingerprint density at radius 2 is 1.53 bits per heavy atom. The van der Waals surface area contributed by atoms with E-state index in [1.54, 1.807) is 34.5 Å². The number of ketones is 1. The molecule has 32 heavy (non-hydrogen) atoms. The Balaban J connectivity index is 1.71. The van der Waals surface area contributed by atoms with Crippen molar-refractivity contribution in [1.29, 1.82) is 0 Å². The van der Waals surface area contributed by atoms with Gasteiger partial charge in [0.2, 0.25) is 5.91 Å². The molecule has 0 spiro atoms. The molecular weight excluding hydrogens is 410 g/mol. The van der Waals surface area contributed by atoms with Gasteiger partial charge in [-0.15, -0.1) is 0 Å². The molecule has 7 nitrogen and oxygen atoms in total. The highest BCUT2D eigenvalue weighted by molar-refractivity contribution is 6.02. The molecule has 0 unspecified atom stereocenters. The van der Waals surface area contributed by atoms with Crippen molar-refractivity contribution in [2.75, 3.05) is 28.4 Å². The number of ether oxygens (including phenoxy) is 4. The molecular formula is C25H27NO6. The van der Waals surface area contributed by atoms with Crippen molar-refractivity contribution in [3.63, 3.8) is 0 Å². The molecule has 4 rings (SSSR count). The van der Waals surface area contributed by atoms with Crippen molar-refractivity contribution in [3.8, 4) is 23.0 Å². The summed E-state index contributed by atoms with van der Waals surface area (Å²) < 4.78 is 21.6. The van der Waals surface area contributed by atoms with Crippen LogP contribution in [-0.2, 0) is 9.59 Å². The van der Waals surface area contributed by atoms with Gasteiger partial charge in [0, 0.05) is 41.7 Å². The lowest BCUT2D eigenvalue weighted by atomic mass is 9.73. The summed E-state index contributed by atoms with van der Waals surface area (Å²) >= 11 is 0. The monoisotopic (exact) mass is 437 g/mol. The van der Waals surface area contributed by atoms with Crippen LogP contribution in [0.3, 0.4) is 0 Å². The zero-order chi connectivity index (χ0) is 22.8. The number of hydrogen-bond donors (Lipinski definition) is 1. The van der Waals surface area contributed by atoms with Crippen molar-refractivity contribution >= 4 is 11.7 Å². The first-order valence-electron chi connectivity index (χ1n) is 10.5. The van der Waals surface area contributed by atoms with Gasteiger partial charge in [0.05, 0.1) is 28.4 Å². The Morgan fingerprint density at radius 3 is 2.22 bits per heavy atom. The van der Waals surface area contributed by atoms with Crippen molar-refractivity contribution in [3.05, 3.63) is 58.8 Å². The van der Waals surface area contributed by atoms with E-state index in [0.717, 1.165) is 11.1 Å². The minimum absolute atomic E-state index is 0.0360. The first-order chi connectivity index (χ1) is 15.5. The molecule has 1 N–H and O–H groups in total. The maximum absolute atomic E-state index is 13.4. The molecule has 0 saturated carbocycles. The predicted molar refractivity (Wildman–Crippen MR) is 119 cm³/mol. The van der Waals surface area contributed by atoms with E-state index >= 15 is 0 Å². The minimum atomic E-state index is -0.349. The first-order valence-corrected chi connectivity index (χ1v) is 10.5. The average molecular weight is 437 g/mol.